The van der Waals surface area contributed by atoms with E-state index in [0.29, 0.717) is 0 Å². The SMILES string of the molecule is COC(=O)c1nn(CCOCCCF)c(C(N)=O)c1[N+](=O)[O-]. The van der Waals surface area contributed by atoms with Crippen LogP contribution in [0.1, 0.15) is 27.4 Å². The first-order valence-electron chi connectivity index (χ1n) is 6.21. The summed E-state index contributed by atoms with van der Waals surface area (Å²) in [7, 11) is 1.02. The van der Waals surface area contributed by atoms with Crippen LogP contribution in [0.5, 0.6) is 0 Å². The van der Waals surface area contributed by atoms with Gasteiger partial charge in [0.05, 0.1) is 31.9 Å². The topological polar surface area (TPSA) is 140 Å². The van der Waals surface area contributed by atoms with E-state index < -0.39 is 40.5 Å². The Morgan fingerprint density at radius 3 is 2.64 bits per heavy atom. The van der Waals surface area contributed by atoms with Crippen LogP contribution < -0.4 is 5.73 Å². The molecule has 10 nitrogen and oxygen atoms in total. The molecule has 22 heavy (non-hydrogen) atoms. The van der Waals surface area contributed by atoms with Crippen molar-refractivity contribution in [3.63, 3.8) is 0 Å². The molecular weight excluding hydrogens is 303 g/mol. The van der Waals surface area contributed by atoms with Crippen LogP contribution >= 0.6 is 0 Å². The van der Waals surface area contributed by atoms with Gasteiger partial charge < -0.3 is 15.2 Å². The lowest BCUT2D eigenvalue weighted by Gasteiger charge is -2.05. The number of ether oxygens (including phenoxy) is 2. The number of esters is 1. The maximum absolute atomic E-state index is 11.9. The zero-order valence-corrected chi connectivity index (χ0v) is 11.8. The lowest BCUT2D eigenvalue weighted by molar-refractivity contribution is -0.385. The number of nitrogens with zero attached hydrogens (tertiary/aromatic N) is 3. The van der Waals surface area contributed by atoms with Crippen LogP contribution in [0.4, 0.5) is 10.1 Å². The van der Waals surface area contributed by atoms with E-state index in [1.807, 2.05) is 0 Å². The molecule has 0 bridgehead atoms. The second kappa shape index (κ2) is 8.02. The Morgan fingerprint density at radius 1 is 1.45 bits per heavy atom. The van der Waals surface area contributed by atoms with Gasteiger partial charge in [0, 0.05) is 6.61 Å². The Balaban J connectivity index is 3.07. The van der Waals surface area contributed by atoms with Gasteiger partial charge in [-0.05, 0) is 6.42 Å². The van der Waals surface area contributed by atoms with E-state index in [4.69, 9.17) is 10.5 Å². The molecule has 1 amide bonds. The molecule has 0 saturated heterocycles. The Hall–Kier alpha value is -2.56. The second-order valence-corrected chi connectivity index (χ2v) is 4.04. The smallest absolute Gasteiger partial charge is 0.365 e. The fourth-order valence-corrected chi connectivity index (χ4v) is 1.67. The second-order valence-electron chi connectivity index (χ2n) is 4.04. The van der Waals surface area contributed by atoms with Crippen molar-refractivity contribution in [2.45, 2.75) is 13.0 Å². The van der Waals surface area contributed by atoms with E-state index >= 15 is 0 Å². The average molecular weight is 318 g/mol. The largest absolute Gasteiger partial charge is 0.464 e. The molecule has 1 aromatic rings. The monoisotopic (exact) mass is 318 g/mol. The van der Waals surface area contributed by atoms with E-state index in [9.17, 15) is 24.1 Å². The summed E-state index contributed by atoms with van der Waals surface area (Å²) in [4.78, 5) is 33.1. The van der Waals surface area contributed by atoms with Crippen molar-refractivity contribution in [2.24, 2.45) is 5.73 Å². The molecule has 0 aromatic carbocycles. The zero-order valence-electron chi connectivity index (χ0n) is 11.8. The number of hydrogen-bond donors (Lipinski definition) is 1. The number of carbonyl (C=O) groups is 2. The van der Waals surface area contributed by atoms with Gasteiger partial charge >= 0.3 is 11.7 Å². The minimum Gasteiger partial charge on any atom is -0.464 e. The van der Waals surface area contributed by atoms with Crippen molar-refractivity contribution in [3.05, 3.63) is 21.5 Å². The molecule has 11 heteroatoms. The van der Waals surface area contributed by atoms with Crippen molar-refractivity contribution in [1.82, 2.24) is 9.78 Å². The minimum atomic E-state index is -1.11. The number of primary amides is 1. The number of halogens is 1. The highest BCUT2D eigenvalue weighted by molar-refractivity contribution is 6.01. The molecule has 0 radical (unpaired) electrons. The molecule has 2 N–H and O–H groups in total. The molecular formula is C11H15FN4O6. The summed E-state index contributed by atoms with van der Waals surface area (Å²) < 4.78 is 22.3. The number of carbonyl (C=O) groups excluding carboxylic acids is 2. The van der Waals surface area contributed by atoms with Gasteiger partial charge in [0.2, 0.25) is 11.4 Å². The van der Waals surface area contributed by atoms with Crippen LogP contribution in [0.3, 0.4) is 0 Å². The van der Waals surface area contributed by atoms with Gasteiger partial charge in [-0.3, -0.25) is 24.0 Å². The number of rotatable bonds is 9. The molecule has 0 unspecified atom stereocenters. The van der Waals surface area contributed by atoms with E-state index in [1.165, 1.54) is 0 Å². The summed E-state index contributed by atoms with van der Waals surface area (Å²) in [6, 6.07) is 0. The molecule has 0 saturated carbocycles. The highest BCUT2D eigenvalue weighted by Gasteiger charge is 2.35. The summed E-state index contributed by atoms with van der Waals surface area (Å²) in [5.41, 5.74) is 3.15. The molecule has 0 aliphatic carbocycles. The molecule has 1 heterocycles. The number of alkyl halides is 1. The molecule has 0 aliphatic heterocycles. The molecule has 0 spiro atoms. The van der Waals surface area contributed by atoms with E-state index in [2.05, 4.69) is 9.84 Å². The summed E-state index contributed by atoms with van der Waals surface area (Å²) >= 11 is 0. The van der Waals surface area contributed by atoms with Gasteiger partial charge in [0.15, 0.2) is 0 Å². The first-order chi connectivity index (χ1) is 10.4. The average Bonchev–Trinajstić information content (AvgIpc) is 2.86. The third-order valence-electron chi connectivity index (χ3n) is 2.59. The Kier molecular flexibility index (Phi) is 6.38. The van der Waals surface area contributed by atoms with Gasteiger partial charge in [-0.1, -0.05) is 0 Å². The predicted octanol–water partition coefficient (Wildman–Crippen LogP) is 0.0530. The number of aromatic nitrogens is 2. The lowest BCUT2D eigenvalue weighted by atomic mass is 10.2. The van der Waals surface area contributed by atoms with Crippen molar-refractivity contribution < 1.29 is 28.4 Å². The summed E-state index contributed by atoms with van der Waals surface area (Å²) in [6.45, 7) is -0.440. The summed E-state index contributed by atoms with van der Waals surface area (Å²) in [5, 5.41) is 14.7. The van der Waals surface area contributed by atoms with Crippen LogP contribution in [-0.2, 0) is 16.0 Å². The molecule has 0 atom stereocenters. The van der Waals surface area contributed by atoms with Gasteiger partial charge in [0.1, 0.15) is 0 Å². The van der Waals surface area contributed by atoms with Gasteiger partial charge in [-0.15, -0.1) is 0 Å². The normalized spacial score (nSPS) is 10.5. The number of methoxy groups -OCH3 is 1. The lowest BCUT2D eigenvalue weighted by Crippen LogP contribution is -2.20. The molecule has 1 rings (SSSR count). The minimum absolute atomic E-state index is 0.0136. The highest BCUT2D eigenvalue weighted by Crippen LogP contribution is 2.24. The fourth-order valence-electron chi connectivity index (χ4n) is 1.67. The molecule has 0 aliphatic rings. The van der Waals surface area contributed by atoms with Crippen LogP contribution in [-0.4, -0.2) is 53.6 Å². The third kappa shape index (κ3) is 3.97. The number of nitro groups is 1. The van der Waals surface area contributed by atoms with Crippen LogP contribution in [0.15, 0.2) is 0 Å². The Bertz CT molecular complexity index is 573. The van der Waals surface area contributed by atoms with E-state index in [0.717, 1.165) is 11.8 Å². The predicted molar refractivity (Wildman–Crippen MR) is 70.1 cm³/mol. The first-order valence-corrected chi connectivity index (χ1v) is 6.21. The van der Waals surface area contributed by atoms with Crippen LogP contribution in [0.2, 0.25) is 0 Å². The number of hydrogen-bond acceptors (Lipinski definition) is 7. The van der Waals surface area contributed by atoms with Gasteiger partial charge in [-0.2, -0.15) is 5.10 Å². The molecule has 0 fully saturated rings. The van der Waals surface area contributed by atoms with Crippen molar-refractivity contribution in [1.29, 1.82) is 0 Å². The number of amides is 1. The van der Waals surface area contributed by atoms with Gasteiger partial charge in [-0.25, -0.2) is 4.79 Å². The summed E-state index contributed by atoms with van der Waals surface area (Å²) in [5.74, 6) is -2.18. The van der Waals surface area contributed by atoms with Crippen molar-refractivity contribution in [3.8, 4) is 0 Å². The summed E-state index contributed by atoms with van der Waals surface area (Å²) in [6.07, 6.45) is 0.204. The van der Waals surface area contributed by atoms with Crippen molar-refractivity contribution >= 4 is 17.6 Å². The maximum atomic E-state index is 11.9. The molecule has 1 aromatic heterocycles. The van der Waals surface area contributed by atoms with Gasteiger partial charge in [0.25, 0.3) is 5.91 Å². The third-order valence-corrected chi connectivity index (χ3v) is 2.59. The molecule has 122 valence electrons. The Morgan fingerprint density at radius 2 is 2.14 bits per heavy atom. The van der Waals surface area contributed by atoms with E-state index in [-0.39, 0.29) is 26.2 Å². The first kappa shape index (κ1) is 17.5. The standard InChI is InChI=1S/C11H15FN4O6/c1-21-11(18)7-8(16(19)20)9(10(13)17)15(14-7)4-6-22-5-2-3-12/h2-6H2,1H3,(H2,13,17). The van der Waals surface area contributed by atoms with Crippen molar-refractivity contribution in [2.75, 3.05) is 27.0 Å². The Labute approximate surface area is 124 Å². The fraction of sp³-hybridized carbons (Fsp3) is 0.545. The maximum Gasteiger partial charge on any atom is 0.365 e. The highest BCUT2D eigenvalue weighted by atomic mass is 19.1. The van der Waals surface area contributed by atoms with Crippen LogP contribution in [0.25, 0.3) is 0 Å². The van der Waals surface area contributed by atoms with E-state index in [1.54, 1.807) is 0 Å². The van der Waals surface area contributed by atoms with Crippen LogP contribution in [0, 0.1) is 10.1 Å². The zero-order chi connectivity index (χ0) is 16.7. The quantitative estimate of drug-likeness (QED) is 0.293. The number of nitrogens with two attached hydrogens (primary N) is 1.